The van der Waals surface area contributed by atoms with E-state index in [0.29, 0.717) is 31.4 Å². The van der Waals surface area contributed by atoms with Gasteiger partial charge in [-0.15, -0.1) is 0 Å². The Bertz CT molecular complexity index is 885. The summed E-state index contributed by atoms with van der Waals surface area (Å²) >= 11 is 0. The van der Waals surface area contributed by atoms with Gasteiger partial charge in [-0.1, -0.05) is 0 Å². The number of rotatable bonds is 5. The SMILES string of the molecule is CNC(=O)c1ncn([C@H]2CC[C@H](C(=O)Nc3ccc(F)cc3)CC2)c1C(N)=O. The summed E-state index contributed by atoms with van der Waals surface area (Å²) in [5, 5.41) is 5.24. The molecule has 0 radical (unpaired) electrons. The maximum atomic E-state index is 13.0. The molecular weight excluding hydrogens is 365 g/mol. The number of carbonyl (C=O) groups excluding carboxylic acids is 3. The molecule has 1 aliphatic rings. The quantitative estimate of drug-likeness (QED) is 0.725. The van der Waals surface area contributed by atoms with Crippen LogP contribution in [0.4, 0.5) is 10.1 Å². The first kappa shape index (κ1) is 19.5. The first-order valence-electron chi connectivity index (χ1n) is 9.05. The zero-order valence-corrected chi connectivity index (χ0v) is 15.4. The summed E-state index contributed by atoms with van der Waals surface area (Å²) in [4.78, 5) is 40.2. The predicted octanol–water partition coefficient (Wildman–Crippen LogP) is 1.85. The zero-order chi connectivity index (χ0) is 20.3. The molecule has 0 aliphatic heterocycles. The number of nitrogens with one attached hydrogen (secondary N) is 2. The summed E-state index contributed by atoms with van der Waals surface area (Å²) in [7, 11) is 1.46. The molecule has 1 fully saturated rings. The Morgan fingerprint density at radius 2 is 1.79 bits per heavy atom. The molecule has 148 valence electrons. The number of primary amides is 1. The van der Waals surface area contributed by atoms with E-state index >= 15 is 0 Å². The van der Waals surface area contributed by atoms with E-state index in [1.807, 2.05) is 0 Å². The van der Waals surface area contributed by atoms with Crippen molar-refractivity contribution in [3.8, 4) is 0 Å². The van der Waals surface area contributed by atoms with E-state index in [1.54, 1.807) is 4.57 Å². The van der Waals surface area contributed by atoms with Gasteiger partial charge in [0.2, 0.25) is 5.91 Å². The minimum absolute atomic E-state index is 0.00572. The fraction of sp³-hybridized carbons (Fsp3) is 0.368. The number of carbonyl (C=O) groups is 3. The van der Waals surface area contributed by atoms with Crippen molar-refractivity contribution in [1.29, 1.82) is 0 Å². The molecule has 1 aromatic heterocycles. The van der Waals surface area contributed by atoms with Crippen molar-refractivity contribution in [3.63, 3.8) is 0 Å². The van der Waals surface area contributed by atoms with Crippen molar-refractivity contribution in [1.82, 2.24) is 14.9 Å². The van der Waals surface area contributed by atoms with Crippen molar-refractivity contribution in [2.45, 2.75) is 31.7 Å². The van der Waals surface area contributed by atoms with Gasteiger partial charge < -0.3 is 20.9 Å². The van der Waals surface area contributed by atoms with Crippen molar-refractivity contribution in [2.24, 2.45) is 11.7 Å². The Labute approximate surface area is 161 Å². The Hall–Kier alpha value is -3.23. The first-order valence-corrected chi connectivity index (χ1v) is 9.05. The van der Waals surface area contributed by atoms with E-state index in [1.165, 1.54) is 37.6 Å². The molecule has 0 atom stereocenters. The van der Waals surface area contributed by atoms with Crippen molar-refractivity contribution in [3.05, 3.63) is 47.8 Å². The molecule has 1 aliphatic carbocycles. The van der Waals surface area contributed by atoms with Gasteiger partial charge in [-0.25, -0.2) is 9.37 Å². The fourth-order valence-corrected chi connectivity index (χ4v) is 3.56. The van der Waals surface area contributed by atoms with Crippen LogP contribution in [0.2, 0.25) is 0 Å². The molecule has 8 nitrogen and oxygen atoms in total. The highest BCUT2D eigenvalue weighted by Gasteiger charge is 2.31. The Morgan fingerprint density at radius 1 is 1.14 bits per heavy atom. The summed E-state index contributed by atoms with van der Waals surface area (Å²) in [6, 6.07) is 5.55. The van der Waals surface area contributed by atoms with Crippen molar-refractivity contribution < 1.29 is 18.8 Å². The molecular formula is C19H22FN5O3. The monoisotopic (exact) mass is 387 g/mol. The second-order valence-electron chi connectivity index (χ2n) is 6.79. The molecule has 0 saturated heterocycles. The van der Waals surface area contributed by atoms with E-state index in [9.17, 15) is 18.8 Å². The molecule has 9 heteroatoms. The summed E-state index contributed by atoms with van der Waals surface area (Å²) < 4.78 is 14.6. The highest BCUT2D eigenvalue weighted by molar-refractivity contribution is 6.04. The van der Waals surface area contributed by atoms with Crippen LogP contribution in [0.3, 0.4) is 0 Å². The molecule has 0 spiro atoms. The molecule has 1 saturated carbocycles. The lowest BCUT2D eigenvalue weighted by Gasteiger charge is -2.29. The third-order valence-electron chi connectivity index (χ3n) is 5.04. The fourth-order valence-electron chi connectivity index (χ4n) is 3.56. The highest BCUT2D eigenvalue weighted by atomic mass is 19.1. The maximum absolute atomic E-state index is 13.0. The lowest BCUT2D eigenvalue weighted by Crippen LogP contribution is -2.30. The third-order valence-corrected chi connectivity index (χ3v) is 5.04. The van der Waals surface area contributed by atoms with Crippen molar-refractivity contribution in [2.75, 3.05) is 12.4 Å². The van der Waals surface area contributed by atoms with Crippen molar-refractivity contribution >= 4 is 23.4 Å². The van der Waals surface area contributed by atoms with Crippen LogP contribution in [0.15, 0.2) is 30.6 Å². The van der Waals surface area contributed by atoms with Gasteiger partial charge in [-0.3, -0.25) is 14.4 Å². The summed E-state index contributed by atoms with van der Waals surface area (Å²) in [6.07, 6.45) is 3.97. The van der Waals surface area contributed by atoms with Crippen LogP contribution in [0.25, 0.3) is 0 Å². The van der Waals surface area contributed by atoms with E-state index in [0.717, 1.165) is 0 Å². The number of anilines is 1. The summed E-state index contributed by atoms with van der Waals surface area (Å²) in [5.74, 6) is -1.84. The zero-order valence-electron chi connectivity index (χ0n) is 15.4. The molecule has 2 aromatic rings. The van der Waals surface area contributed by atoms with Crippen LogP contribution < -0.4 is 16.4 Å². The van der Waals surface area contributed by atoms with Gasteiger partial charge in [0.15, 0.2) is 5.69 Å². The van der Waals surface area contributed by atoms with Gasteiger partial charge in [-0.05, 0) is 49.9 Å². The standard InChI is InChI=1S/C19H22FN5O3/c1-22-19(28)15-16(17(21)26)25(10-23-15)14-8-2-11(3-9-14)18(27)24-13-6-4-12(20)5-7-13/h4-7,10-11,14H,2-3,8-9H2,1H3,(H2,21,26)(H,22,28)(H,24,27)/t11-,14-. The number of nitrogens with zero attached hydrogens (tertiary/aromatic N) is 2. The van der Waals surface area contributed by atoms with Gasteiger partial charge in [0.25, 0.3) is 11.8 Å². The number of hydrogen-bond acceptors (Lipinski definition) is 4. The van der Waals surface area contributed by atoms with Crippen LogP contribution in [0.5, 0.6) is 0 Å². The van der Waals surface area contributed by atoms with Gasteiger partial charge in [0.1, 0.15) is 11.5 Å². The van der Waals surface area contributed by atoms with Crippen LogP contribution in [-0.4, -0.2) is 34.3 Å². The second-order valence-corrected chi connectivity index (χ2v) is 6.79. The van der Waals surface area contributed by atoms with E-state index in [2.05, 4.69) is 15.6 Å². The average Bonchev–Trinajstić information content (AvgIpc) is 3.14. The number of amides is 3. The smallest absolute Gasteiger partial charge is 0.272 e. The number of aromatic nitrogens is 2. The normalized spacial score (nSPS) is 19.1. The van der Waals surface area contributed by atoms with E-state index < -0.39 is 11.8 Å². The van der Waals surface area contributed by atoms with E-state index in [-0.39, 0.29) is 35.1 Å². The molecule has 4 N–H and O–H groups in total. The largest absolute Gasteiger partial charge is 0.364 e. The summed E-state index contributed by atoms with van der Waals surface area (Å²) in [6.45, 7) is 0. The first-order chi connectivity index (χ1) is 13.4. The van der Waals surface area contributed by atoms with E-state index in [4.69, 9.17) is 5.73 Å². The Kier molecular flexibility index (Phi) is 5.72. The molecule has 1 heterocycles. The Morgan fingerprint density at radius 3 is 2.36 bits per heavy atom. The lowest BCUT2D eigenvalue weighted by molar-refractivity contribution is -0.121. The highest BCUT2D eigenvalue weighted by Crippen LogP contribution is 2.34. The summed E-state index contributed by atoms with van der Waals surface area (Å²) in [5.41, 5.74) is 6.10. The minimum atomic E-state index is -0.715. The van der Waals surface area contributed by atoms with Gasteiger partial charge in [0.05, 0.1) is 6.33 Å². The third kappa shape index (κ3) is 4.03. The predicted molar refractivity (Wildman–Crippen MR) is 100 cm³/mol. The molecule has 3 amide bonds. The van der Waals surface area contributed by atoms with Crippen LogP contribution >= 0.6 is 0 Å². The van der Waals surface area contributed by atoms with Gasteiger partial charge in [0, 0.05) is 24.7 Å². The topological polar surface area (TPSA) is 119 Å². The molecule has 0 unspecified atom stereocenters. The number of hydrogen-bond donors (Lipinski definition) is 3. The van der Waals surface area contributed by atoms with Crippen LogP contribution in [0.1, 0.15) is 52.7 Å². The lowest BCUT2D eigenvalue weighted by atomic mass is 9.85. The number of imidazole rings is 1. The van der Waals surface area contributed by atoms with Crippen LogP contribution in [-0.2, 0) is 4.79 Å². The van der Waals surface area contributed by atoms with Gasteiger partial charge >= 0.3 is 0 Å². The average molecular weight is 387 g/mol. The van der Waals surface area contributed by atoms with Gasteiger partial charge in [-0.2, -0.15) is 0 Å². The number of nitrogens with two attached hydrogens (primary N) is 1. The number of benzene rings is 1. The molecule has 28 heavy (non-hydrogen) atoms. The molecule has 1 aromatic carbocycles. The second kappa shape index (κ2) is 8.20. The molecule has 3 rings (SSSR count). The number of halogens is 1. The Balaban J connectivity index is 1.66. The van der Waals surface area contributed by atoms with Crippen LogP contribution in [0, 0.1) is 11.7 Å². The maximum Gasteiger partial charge on any atom is 0.272 e. The minimum Gasteiger partial charge on any atom is -0.364 e. The molecule has 0 bridgehead atoms.